The van der Waals surface area contributed by atoms with Gasteiger partial charge in [0.2, 0.25) is 0 Å². The van der Waals surface area contributed by atoms with Gasteiger partial charge in [-0.2, -0.15) is 0 Å². The molecule has 0 spiro atoms. The Hall–Kier alpha value is -0.930. The van der Waals surface area contributed by atoms with Gasteiger partial charge in [0.1, 0.15) is 0 Å². The summed E-state index contributed by atoms with van der Waals surface area (Å²) in [7, 11) is 2.17. The normalized spacial score (nSPS) is 12.9. The molecule has 2 N–H and O–H groups in total. The van der Waals surface area contributed by atoms with E-state index in [1.54, 1.807) is 0 Å². The fourth-order valence-corrected chi connectivity index (χ4v) is 2.17. The van der Waals surface area contributed by atoms with E-state index in [1.807, 2.05) is 18.3 Å². The van der Waals surface area contributed by atoms with Gasteiger partial charge in [0.05, 0.1) is 0 Å². The van der Waals surface area contributed by atoms with E-state index in [-0.39, 0.29) is 0 Å². The highest BCUT2D eigenvalue weighted by Crippen LogP contribution is 2.08. The molecule has 1 atom stereocenters. The van der Waals surface area contributed by atoms with E-state index in [0.29, 0.717) is 6.04 Å². The molecule has 0 bridgehead atoms. The number of hydrogen-bond donors (Lipinski definition) is 1. The van der Waals surface area contributed by atoms with Gasteiger partial charge in [-0.15, -0.1) is 0 Å². The zero-order valence-corrected chi connectivity index (χ0v) is 11.8. The highest BCUT2D eigenvalue weighted by atomic mass is 15.1. The molecular weight excluding hydrogens is 222 g/mol. The molecule has 102 valence electrons. The molecule has 0 aromatic carbocycles. The lowest BCUT2D eigenvalue weighted by Crippen LogP contribution is -2.39. The van der Waals surface area contributed by atoms with Gasteiger partial charge >= 0.3 is 0 Å². The zero-order chi connectivity index (χ0) is 13.2. The van der Waals surface area contributed by atoms with Gasteiger partial charge < -0.3 is 10.6 Å². The maximum Gasteiger partial charge on any atom is 0.0416 e. The van der Waals surface area contributed by atoms with Gasteiger partial charge in [0, 0.05) is 37.4 Å². The number of nitrogens with two attached hydrogens (primary N) is 1. The van der Waals surface area contributed by atoms with Crippen LogP contribution in [-0.2, 0) is 6.42 Å². The maximum atomic E-state index is 5.87. The van der Waals surface area contributed by atoms with Crippen LogP contribution in [-0.4, -0.2) is 36.1 Å². The first kappa shape index (κ1) is 15.1. The Morgan fingerprint density at radius 1 is 1.33 bits per heavy atom. The Kier molecular flexibility index (Phi) is 7.62. The smallest absolute Gasteiger partial charge is 0.0416 e. The number of hydrogen-bond acceptors (Lipinski definition) is 3. The third-order valence-corrected chi connectivity index (χ3v) is 3.48. The highest BCUT2D eigenvalue weighted by Gasteiger charge is 2.12. The summed E-state index contributed by atoms with van der Waals surface area (Å²) in [6, 6.07) is 6.60. The summed E-state index contributed by atoms with van der Waals surface area (Å²) < 4.78 is 0. The molecule has 18 heavy (non-hydrogen) atoms. The topological polar surface area (TPSA) is 42.1 Å². The van der Waals surface area contributed by atoms with Crippen LogP contribution in [0.5, 0.6) is 0 Å². The predicted octanol–water partition coefficient (Wildman–Crippen LogP) is 2.46. The second kappa shape index (κ2) is 9.06. The lowest BCUT2D eigenvalue weighted by molar-refractivity contribution is 0.233. The van der Waals surface area contributed by atoms with Crippen LogP contribution in [0, 0.1) is 0 Å². The molecule has 1 aromatic rings. The average molecular weight is 249 g/mol. The minimum Gasteiger partial charge on any atom is -0.329 e. The molecular formula is C15H27N3. The number of unbranched alkanes of at least 4 members (excludes halogenated alkanes) is 2. The molecule has 0 aliphatic rings. The SMILES string of the molecule is CCCCCC(CN)N(C)CCc1ccccn1. The maximum absolute atomic E-state index is 5.87. The quantitative estimate of drug-likeness (QED) is 0.684. The highest BCUT2D eigenvalue weighted by molar-refractivity contribution is 5.03. The molecule has 0 amide bonds. The molecule has 1 aromatic heterocycles. The van der Waals surface area contributed by atoms with Crippen molar-refractivity contribution in [3.63, 3.8) is 0 Å². The van der Waals surface area contributed by atoms with E-state index < -0.39 is 0 Å². The van der Waals surface area contributed by atoms with E-state index in [9.17, 15) is 0 Å². The van der Waals surface area contributed by atoms with Gasteiger partial charge in [-0.25, -0.2) is 0 Å². The summed E-state index contributed by atoms with van der Waals surface area (Å²) in [4.78, 5) is 6.73. The first-order chi connectivity index (χ1) is 8.77. The van der Waals surface area contributed by atoms with Crippen molar-refractivity contribution >= 4 is 0 Å². The summed E-state index contributed by atoms with van der Waals surface area (Å²) >= 11 is 0. The first-order valence-electron chi connectivity index (χ1n) is 7.08. The van der Waals surface area contributed by atoms with Gasteiger partial charge in [0.25, 0.3) is 0 Å². The van der Waals surface area contributed by atoms with Crippen LogP contribution in [0.25, 0.3) is 0 Å². The molecule has 1 rings (SSSR count). The molecule has 1 heterocycles. The minimum absolute atomic E-state index is 0.514. The molecule has 3 nitrogen and oxygen atoms in total. The van der Waals surface area contributed by atoms with Crippen molar-refractivity contribution in [2.24, 2.45) is 5.73 Å². The Morgan fingerprint density at radius 3 is 2.78 bits per heavy atom. The second-order valence-corrected chi connectivity index (χ2v) is 4.94. The van der Waals surface area contributed by atoms with E-state index in [2.05, 4.69) is 29.9 Å². The minimum atomic E-state index is 0.514. The second-order valence-electron chi connectivity index (χ2n) is 4.94. The van der Waals surface area contributed by atoms with E-state index in [1.165, 1.54) is 25.7 Å². The number of pyridine rings is 1. The van der Waals surface area contributed by atoms with Crippen molar-refractivity contribution < 1.29 is 0 Å². The molecule has 0 aliphatic carbocycles. The molecule has 0 saturated heterocycles. The first-order valence-corrected chi connectivity index (χ1v) is 7.08. The predicted molar refractivity (Wildman–Crippen MR) is 77.6 cm³/mol. The van der Waals surface area contributed by atoms with Crippen LogP contribution in [0.15, 0.2) is 24.4 Å². The van der Waals surface area contributed by atoms with Crippen molar-refractivity contribution in [3.8, 4) is 0 Å². The van der Waals surface area contributed by atoms with E-state index in [0.717, 1.165) is 25.2 Å². The lowest BCUT2D eigenvalue weighted by atomic mass is 10.1. The van der Waals surface area contributed by atoms with Crippen molar-refractivity contribution in [1.29, 1.82) is 0 Å². The number of aromatic nitrogens is 1. The van der Waals surface area contributed by atoms with Crippen LogP contribution in [0.2, 0.25) is 0 Å². The number of rotatable bonds is 9. The van der Waals surface area contributed by atoms with Gasteiger partial charge in [-0.1, -0.05) is 32.3 Å². The van der Waals surface area contributed by atoms with Crippen LogP contribution >= 0.6 is 0 Å². The fourth-order valence-electron chi connectivity index (χ4n) is 2.17. The van der Waals surface area contributed by atoms with Crippen LogP contribution in [0.4, 0.5) is 0 Å². The molecule has 0 saturated carbocycles. The van der Waals surface area contributed by atoms with Crippen molar-refractivity contribution in [3.05, 3.63) is 30.1 Å². The van der Waals surface area contributed by atoms with Crippen molar-refractivity contribution in [2.45, 2.75) is 45.1 Å². The molecule has 1 unspecified atom stereocenters. The Bertz CT molecular complexity index is 300. The van der Waals surface area contributed by atoms with E-state index in [4.69, 9.17) is 5.73 Å². The van der Waals surface area contributed by atoms with Crippen molar-refractivity contribution in [1.82, 2.24) is 9.88 Å². The fraction of sp³-hybridized carbons (Fsp3) is 0.667. The van der Waals surface area contributed by atoms with Crippen LogP contribution < -0.4 is 5.73 Å². The van der Waals surface area contributed by atoms with Gasteiger partial charge in [-0.05, 0) is 25.6 Å². The monoisotopic (exact) mass is 249 g/mol. The van der Waals surface area contributed by atoms with Gasteiger partial charge in [-0.3, -0.25) is 4.98 Å². The largest absolute Gasteiger partial charge is 0.329 e. The number of nitrogens with zero attached hydrogens (tertiary/aromatic N) is 2. The standard InChI is InChI=1S/C15H27N3/c1-3-4-5-9-15(13-16)18(2)12-10-14-8-6-7-11-17-14/h6-8,11,15H,3-5,9-10,12-13,16H2,1-2H3. The third-order valence-electron chi connectivity index (χ3n) is 3.48. The number of likely N-dealkylation sites (N-methyl/N-ethyl adjacent to an activating group) is 1. The van der Waals surface area contributed by atoms with Crippen LogP contribution in [0.1, 0.15) is 38.3 Å². The lowest BCUT2D eigenvalue weighted by Gasteiger charge is -2.26. The van der Waals surface area contributed by atoms with Gasteiger partial charge in [0.15, 0.2) is 0 Å². The summed E-state index contributed by atoms with van der Waals surface area (Å²) in [5.74, 6) is 0. The van der Waals surface area contributed by atoms with E-state index >= 15 is 0 Å². The average Bonchev–Trinajstić information content (AvgIpc) is 2.42. The Morgan fingerprint density at radius 2 is 2.17 bits per heavy atom. The summed E-state index contributed by atoms with van der Waals surface area (Å²) in [6.07, 6.45) is 7.94. The van der Waals surface area contributed by atoms with Crippen molar-refractivity contribution in [2.75, 3.05) is 20.1 Å². The third kappa shape index (κ3) is 5.61. The summed E-state index contributed by atoms with van der Waals surface area (Å²) in [5.41, 5.74) is 7.03. The summed E-state index contributed by atoms with van der Waals surface area (Å²) in [5, 5.41) is 0. The Balaban J connectivity index is 2.30. The van der Waals surface area contributed by atoms with Crippen LogP contribution in [0.3, 0.4) is 0 Å². The summed E-state index contributed by atoms with van der Waals surface area (Å²) in [6.45, 7) is 4.02. The zero-order valence-electron chi connectivity index (χ0n) is 11.8. The Labute approximate surface area is 111 Å². The molecule has 0 fully saturated rings. The molecule has 0 aliphatic heterocycles. The molecule has 0 radical (unpaired) electrons. The molecule has 3 heteroatoms.